The molecule has 0 saturated carbocycles. The lowest BCUT2D eigenvalue weighted by molar-refractivity contribution is -0.384. The van der Waals surface area contributed by atoms with Crippen LogP contribution in [0.25, 0.3) is 0 Å². The Morgan fingerprint density at radius 3 is 3.00 bits per heavy atom. The largest absolute Gasteiger partial charge is 0.369 e. The lowest BCUT2D eigenvalue weighted by atomic mass is 10.2. The molecule has 2 heterocycles. The van der Waals surface area contributed by atoms with Gasteiger partial charge < -0.3 is 9.64 Å². The first-order valence-corrected chi connectivity index (χ1v) is 7.75. The highest BCUT2D eigenvalue weighted by Crippen LogP contribution is 2.35. The third kappa shape index (κ3) is 3.02. The number of nitro groups is 1. The normalized spacial score (nSPS) is 18.7. The smallest absolute Gasteiger partial charge is 0.294 e. The Morgan fingerprint density at radius 1 is 1.43 bits per heavy atom. The second-order valence-corrected chi connectivity index (χ2v) is 6.13. The number of ether oxygens (including phenoxy) is 1. The molecule has 1 aliphatic heterocycles. The third-order valence-corrected chi connectivity index (χ3v) is 4.60. The van der Waals surface area contributed by atoms with Crippen LogP contribution in [0.3, 0.4) is 0 Å². The van der Waals surface area contributed by atoms with Gasteiger partial charge in [0.25, 0.3) is 5.69 Å². The summed E-state index contributed by atoms with van der Waals surface area (Å²) in [7, 11) is 0. The zero-order chi connectivity index (χ0) is 14.8. The Balaban J connectivity index is 1.88. The monoisotopic (exact) mass is 324 g/mol. The molecule has 1 unspecified atom stereocenters. The summed E-state index contributed by atoms with van der Waals surface area (Å²) < 4.78 is 5.77. The van der Waals surface area contributed by atoms with Crippen LogP contribution in [-0.2, 0) is 4.74 Å². The summed E-state index contributed by atoms with van der Waals surface area (Å²) in [5.41, 5.74) is 0.628. The van der Waals surface area contributed by atoms with Gasteiger partial charge in [-0.2, -0.15) is 0 Å². The Hall–Kier alpha value is -1.63. The first kappa shape index (κ1) is 14.3. The van der Waals surface area contributed by atoms with Crippen molar-refractivity contribution in [1.29, 1.82) is 0 Å². The number of hydrogen-bond acceptors (Lipinski definition) is 5. The molecule has 1 atom stereocenters. The molecule has 1 aliphatic rings. The average molecular weight is 325 g/mol. The molecule has 1 fully saturated rings. The molecule has 7 heteroatoms. The molecule has 1 saturated heterocycles. The third-order valence-electron chi connectivity index (χ3n) is 3.40. The second-order valence-electron chi connectivity index (χ2n) is 4.71. The number of benzene rings is 1. The molecule has 0 N–H and O–H groups in total. The molecule has 5 nitrogen and oxygen atoms in total. The zero-order valence-electron chi connectivity index (χ0n) is 11.1. The summed E-state index contributed by atoms with van der Waals surface area (Å²) in [4.78, 5) is 13.9. The van der Waals surface area contributed by atoms with Gasteiger partial charge in [-0.15, -0.1) is 11.3 Å². The van der Waals surface area contributed by atoms with Crippen molar-refractivity contribution >= 4 is 34.3 Å². The van der Waals surface area contributed by atoms with Gasteiger partial charge in [0.15, 0.2) is 0 Å². The maximum atomic E-state index is 11.2. The number of morpholine rings is 1. The van der Waals surface area contributed by atoms with E-state index in [9.17, 15) is 10.1 Å². The SMILES string of the molecule is O=[N+]([O-])c1cc(Cl)ccc1N1CCOC(c2cccs2)C1. The van der Waals surface area contributed by atoms with E-state index in [1.165, 1.54) is 6.07 Å². The van der Waals surface area contributed by atoms with E-state index < -0.39 is 4.92 Å². The average Bonchev–Trinajstić information content (AvgIpc) is 3.01. The molecule has 0 bridgehead atoms. The number of hydrogen-bond donors (Lipinski definition) is 0. The van der Waals surface area contributed by atoms with Gasteiger partial charge in [0.05, 0.1) is 11.5 Å². The summed E-state index contributed by atoms with van der Waals surface area (Å²) in [6.07, 6.45) is -0.0472. The Labute approximate surface area is 130 Å². The van der Waals surface area contributed by atoms with E-state index in [4.69, 9.17) is 16.3 Å². The van der Waals surface area contributed by atoms with Gasteiger partial charge in [-0.3, -0.25) is 10.1 Å². The van der Waals surface area contributed by atoms with Crippen LogP contribution < -0.4 is 4.90 Å². The van der Waals surface area contributed by atoms with Crippen LogP contribution in [0, 0.1) is 10.1 Å². The molecular weight excluding hydrogens is 312 g/mol. The fraction of sp³-hybridized carbons (Fsp3) is 0.286. The molecule has 0 radical (unpaired) electrons. The fourth-order valence-corrected chi connectivity index (χ4v) is 3.36. The van der Waals surface area contributed by atoms with Crippen molar-refractivity contribution in [1.82, 2.24) is 0 Å². The molecule has 3 rings (SSSR count). The summed E-state index contributed by atoms with van der Waals surface area (Å²) >= 11 is 7.50. The van der Waals surface area contributed by atoms with Crippen LogP contribution in [0.4, 0.5) is 11.4 Å². The number of halogens is 1. The lowest BCUT2D eigenvalue weighted by Crippen LogP contribution is -2.38. The highest BCUT2D eigenvalue weighted by molar-refractivity contribution is 7.10. The van der Waals surface area contributed by atoms with Crippen LogP contribution in [0.2, 0.25) is 5.02 Å². The summed E-state index contributed by atoms with van der Waals surface area (Å²) in [6.45, 7) is 1.77. The van der Waals surface area contributed by atoms with Gasteiger partial charge in [0.1, 0.15) is 11.8 Å². The second kappa shape index (κ2) is 6.01. The van der Waals surface area contributed by atoms with Crippen LogP contribution >= 0.6 is 22.9 Å². The first-order chi connectivity index (χ1) is 10.1. The van der Waals surface area contributed by atoms with Crippen LogP contribution in [-0.4, -0.2) is 24.6 Å². The van der Waals surface area contributed by atoms with Crippen molar-refractivity contribution in [3.8, 4) is 0 Å². The highest BCUT2D eigenvalue weighted by atomic mass is 35.5. The van der Waals surface area contributed by atoms with Gasteiger partial charge >= 0.3 is 0 Å². The van der Waals surface area contributed by atoms with E-state index in [-0.39, 0.29) is 11.8 Å². The van der Waals surface area contributed by atoms with Crippen molar-refractivity contribution < 1.29 is 9.66 Å². The Kier molecular flexibility index (Phi) is 4.10. The van der Waals surface area contributed by atoms with E-state index in [0.29, 0.717) is 30.4 Å². The molecule has 21 heavy (non-hydrogen) atoms. The van der Waals surface area contributed by atoms with Gasteiger partial charge in [-0.25, -0.2) is 0 Å². The topological polar surface area (TPSA) is 55.6 Å². The van der Waals surface area contributed by atoms with Gasteiger partial charge in [-0.05, 0) is 23.6 Å². The molecule has 110 valence electrons. The molecule has 1 aromatic carbocycles. The lowest BCUT2D eigenvalue weighted by Gasteiger charge is -2.33. The van der Waals surface area contributed by atoms with E-state index in [0.717, 1.165) is 4.88 Å². The Morgan fingerprint density at radius 2 is 2.29 bits per heavy atom. The van der Waals surface area contributed by atoms with Crippen molar-refractivity contribution in [3.05, 3.63) is 55.7 Å². The van der Waals surface area contributed by atoms with Crippen LogP contribution in [0.1, 0.15) is 11.0 Å². The standard InChI is InChI=1S/C14H13ClN2O3S/c15-10-3-4-11(12(8-10)17(18)19)16-5-6-20-13(9-16)14-2-1-7-21-14/h1-4,7-8,13H,5-6,9H2. The van der Waals surface area contributed by atoms with Crippen LogP contribution in [0.5, 0.6) is 0 Å². The van der Waals surface area contributed by atoms with E-state index in [2.05, 4.69) is 0 Å². The van der Waals surface area contributed by atoms with E-state index in [1.807, 2.05) is 22.4 Å². The van der Waals surface area contributed by atoms with Gasteiger partial charge in [0.2, 0.25) is 0 Å². The number of nitrogens with zero attached hydrogens (tertiary/aromatic N) is 2. The number of rotatable bonds is 3. The van der Waals surface area contributed by atoms with Crippen molar-refractivity contribution in [2.24, 2.45) is 0 Å². The molecule has 0 amide bonds. The Bertz CT molecular complexity index is 648. The predicted octanol–water partition coefficient (Wildman–Crippen LogP) is 3.89. The minimum absolute atomic E-state index is 0.0364. The quantitative estimate of drug-likeness (QED) is 0.635. The maximum Gasteiger partial charge on any atom is 0.294 e. The first-order valence-electron chi connectivity index (χ1n) is 6.49. The fourth-order valence-electron chi connectivity index (χ4n) is 2.42. The minimum atomic E-state index is -0.392. The highest BCUT2D eigenvalue weighted by Gasteiger charge is 2.27. The van der Waals surface area contributed by atoms with E-state index >= 15 is 0 Å². The van der Waals surface area contributed by atoms with Crippen molar-refractivity contribution in [2.45, 2.75) is 6.10 Å². The maximum absolute atomic E-state index is 11.2. The number of nitro benzene ring substituents is 1. The summed E-state index contributed by atoms with van der Waals surface area (Å²) in [5.74, 6) is 0. The summed E-state index contributed by atoms with van der Waals surface area (Å²) in [6, 6.07) is 8.78. The zero-order valence-corrected chi connectivity index (χ0v) is 12.6. The van der Waals surface area contributed by atoms with Crippen LogP contribution in [0.15, 0.2) is 35.7 Å². The molecule has 1 aromatic heterocycles. The number of anilines is 1. The minimum Gasteiger partial charge on any atom is -0.369 e. The number of thiophene rings is 1. The predicted molar refractivity (Wildman–Crippen MR) is 83.3 cm³/mol. The van der Waals surface area contributed by atoms with Crippen molar-refractivity contribution in [3.63, 3.8) is 0 Å². The molecule has 0 spiro atoms. The van der Waals surface area contributed by atoms with Crippen molar-refractivity contribution in [2.75, 3.05) is 24.6 Å². The van der Waals surface area contributed by atoms with Gasteiger partial charge in [-0.1, -0.05) is 17.7 Å². The molecule has 0 aliphatic carbocycles. The molecular formula is C14H13ClN2O3S. The van der Waals surface area contributed by atoms with Gasteiger partial charge in [0, 0.05) is 29.1 Å². The summed E-state index contributed by atoms with van der Waals surface area (Å²) in [5, 5.41) is 13.6. The van der Waals surface area contributed by atoms with E-state index in [1.54, 1.807) is 23.5 Å². The molecule has 2 aromatic rings.